The van der Waals surface area contributed by atoms with Gasteiger partial charge in [-0.05, 0) is 50.3 Å². The van der Waals surface area contributed by atoms with Gasteiger partial charge in [0.15, 0.2) is 0 Å². The Morgan fingerprint density at radius 2 is 2.08 bits per heavy atom. The summed E-state index contributed by atoms with van der Waals surface area (Å²) in [5.41, 5.74) is 0. The number of rotatable bonds is 7. The molecule has 3 heterocycles. The number of carbonyl (C=O) groups is 1. The third-order valence-corrected chi connectivity index (χ3v) is 6.63. The molecule has 0 spiro atoms. The van der Waals surface area contributed by atoms with Crippen molar-refractivity contribution >= 4 is 17.2 Å². The molecule has 3 rings (SSSR count). The van der Waals surface area contributed by atoms with Crippen molar-refractivity contribution in [3.8, 4) is 0 Å². The lowest BCUT2D eigenvalue weighted by molar-refractivity contribution is -0.141. The van der Waals surface area contributed by atoms with Gasteiger partial charge in [0.05, 0.1) is 0 Å². The van der Waals surface area contributed by atoms with Gasteiger partial charge in [-0.2, -0.15) is 0 Å². The highest BCUT2D eigenvalue weighted by atomic mass is 32.1. The number of nitrogens with zero attached hydrogens (tertiary/aromatic N) is 2. The third kappa shape index (κ3) is 4.83. The minimum atomic E-state index is 0.363. The van der Waals surface area contributed by atoms with E-state index < -0.39 is 0 Å². The average molecular weight is 364 g/mol. The molecule has 0 bridgehead atoms. The number of piperidine rings is 2. The maximum atomic E-state index is 12.3. The van der Waals surface area contributed by atoms with E-state index in [1.54, 1.807) is 0 Å². The molecule has 140 valence electrons. The number of thiophene rings is 1. The van der Waals surface area contributed by atoms with Crippen LogP contribution >= 0.6 is 11.3 Å². The lowest BCUT2D eigenvalue weighted by Gasteiger charge is -2.47. The molecule has 4 nitrogen and oxygen atoms in total. The molecule has 1 aromatic heterocycles. The summed E-state index contributed by atoms with van der Waals surface area (Å²) in [6, 6.07) is 5.09. The van der Waals surface area contributed by atoms with Crippen LogP contribution in [0.3, 0.4) is 0 Å². The fourth-order valence-corrected chi connectivity index (χ4v) is 5.61. The number of hydrogen-bond donors (Lipinski definition) is 1. The van der Waals surface area contributed by atoms with E-state index in [4.69, 9.17) is 0 Å². The van der Waals surface area contributed by atoms with E-state index in [-0.39, 0.29) is 0 Å². The molecule has 2 aliphatic rings. The van der Waals surface area contributed by atoms with Crippen molar-refractivity contribution in [2.24, 2.45) is 11.8 Å². The Balaban J connectivity index is 1.56. The highest BCUT2D eigenvalue weighted by Crippen LogP contribution is 2.32. The summed E-state index contributed by atoms with van der Waals surface area (Å²) in [4.78, 5) is 20.1. The quantitative estimate of drug-likeness (QED) is 0.809. The first-order valence-electron chi connectivity index (χ1n) is 9.81. The molecule has 2 aliphatic heterocycles. The van der Waals surface area contributed by atoms with E-state index in [0.29, 0.717) is 17.9 Å². The fraction of sp³-hybridized carbons (Fsp3) is 0.750. The first kappa shape index (κ1) is 18.9. The van der Waals surface area contributed by atoms with Crippen LogP contribution in [0.5, 0.6) is 0 Å². The number of nitrogens with one attached hydrogen (secondary N) is 1. The van der Waals surface area contributed by atoms with E-state index in [9.17, 15) is 4.79 Å². The topological polar surface area (TPSA) is 35.6 Å². The van der Waals surface area contributed by atoms with Crippen molar-refractivity contribution in [2.45, 2.75) is 52.1 Å². The minimum Gasteiger partial charge on any atom is -0.338 e. The molecule has 2 saturated heterocycles. The van der Waals surface area contributed by atoms with E-state index in [1.807, 2.05) is 18.4 Å². The zero-order valence-electron chi connectivity index (χ0n) is 16.0. The molecule has 0 saturated carbocycles. The monoisotopic (exact) mass is 363 g/mol. The first-order valence-corrected chi connectivity index (χ1v) is 10.6. The molecule has 2 fully saturated rings. The highest BCUT2D eigenvalue weighted by Gasteiger charge is 2.38. The number of amides is 1. The van der Waals surface area contributed by atoms with Crippen molar-refractivity contribution in [1.82, 2.24) is 15.1 Å². The lowest BCUT2D eigenvalue weighted by Crippen LogP contribution is -2.56. The SMILES string of the molecule is CNCCN1C(=O)CC[C@H]2CN(Cc3ccc(CC(C)C)s3)CC[C@H]21. The van der Waals surface area contributed by atoms with E-state index >= 15 is 0 Å². The highest BCUT2D eigenvalue weighted by molar-refractivity contribution is 7.11. The van der Waals surface area contributed by atoms with Gasteiger partial charge in [-0.1, -0.05) is 13.8 Å². The summed E-state index contributed by atoms with van der Waals surface area (Å²) < 4.78 is 0. The van der Waals surface area contributed by atoms with Crippen LogP contribution in [0.1, 0.15) is 42.9 Å². The van der Waals surface area contributed by atoms with Gasteiger partial charge in [0, 0.05) is 54.9 Å². The Bertz CT molecular complexity index is 571. The molecule has 5 heteroatoms. The summed E-state index contributed by atoms with van der Waals surface area (Å²) >= 11 is 1.98. The molecular weight excluding hydrogens is 330 g/mol. The predicted molar refractivity (Wildman–Crippen MR) is 105 cm³/mol. The van der Waals surface area contributed by atoms with Gasteiger partial charge >= 0.3 is 0 Å². The van der Waals surface area contributed by atoms with Gasteiger partial charge in [0.1, 0.15) is 0 Å². The fourth-order valence-electron chi connectivity index (χ4n) is 4.33. The smallest absolute Gasteiger partial charge is 0.222 e. The third-order valence-electron chi connectivity index (χ3n) is 5.54. The normalized spacial score (nSPS) is 24.8. The van der Waals surface area contributed by atoms with Crippen LogP contribution in [0.2, 0.25) is 0 Å². The van der Waals surface area contributed by atoms with Crippen molar-refractivity contribution in [3.63, 3.8) is 0 Å². The summed E-state index contributed by atoms with van der Waals surface area (Å²) in [6.45, 7) is 9.67. The maximum Gasteiger partial charge on any atom is 0.222 e. The van der Waals surface area contributed by atoms with Gasteiger partial charge in [-0.15, -0.1) is 11.3 Å². The molecule has 1 amide bonds. The summed E-state index contributed by atoms with van der Waals surface area (Å²) in [7, 11) is 1.96. The molecule has 0 unspecified atom stereocenters. The Hall–Kier alpha value is -0.910. The number of hydrogen-bond acceptors (Lipinski definition) is 4. The van der Waals surface area contributed by atoms with Gasteiger partial charge < -0.3 is 10.2 Å². The van der Waals surface area contributed by atoms with Crippen molar-refractivity contribution in [2.75, 3.05) is 33.2 Å². The molecular formula is C20H33N3OS. The standard InChI is InChI=1S/C20H33N3OS/c1-15(2)12-17-5-6-18(25-17)14-22-10-8-19-16(13-22)4-7-20(24)23(19)11-9-21-3/h5-6,15-16,19,21H,4,7-14H2,1-3H3/t16-,19+/m0/s1. The van der Waals surface area contributed by atoms with Crippen molar-refractivity contribution in [1.29, 1.82) is 0 Å². The minimum absolute atomic E-state index is 0.363. The molecule has 0 aromatic carbocycles. The molecule has 0 radical (unpaired) electrons. The van der Waals surface area contributed by atoms with Crippen LogP contribution in [-0.2, 0) is 17.8 Å². The Morgan fingerprint density at radius 3 is 2.84 bits per heavy atom. The lowest BCUT2D eigenvalue weighted by atomic mass is 9.83. The largest absolute Gasteiger partial charge is 0.338 e. The number of likely N-dealkylation sites (tertiary alicyclic amines) is 2. The van der Waals surface area contributed by atoms with Crippen LogP contribution in [0.15, 0.2) is 12.1 Å². The predicted octanol–water partition coefficient (Wildman–Crippen LogP) is 2.98. The second-order valence-corrected chi connectivity index (χ2v) is 9.30. The average Bonchev–Trinajstić information content (AvgIpc) is 3.00. The zero-order chi connectivity index (χ0) is 17.8. The van der Waals surface area contributed by atoms with Crippen molar-refractivity contribution in [3.05, 3.63) is 21.9 Å². The zero-order valence-corrected chi connectivity index (χ0v) is 16.8. The second kappa shape index (κ2) is 8.65. The van der Waals surface area contributed by atoms with Gasteiger partial charge in [-0.3, -0.25) is 9.69 Å². The van der Waals surface area contributed by atoms with E-state index in [0.717, 1.165) is 57.9 Å². The van der Waals surface area contributed by atoms with Crippen LogP contribution in [-0.4, -0.2) is 55.0 Å². The Kier molecular flexibility index (Phi) is 6.53. The van der Waals surface area contributed by atoms with Crippen molar-refractivity contribution < 1.29 is 4.79 Å². The van der Waals surface area contributed by atoms with Gasteiger partial charge in [-0.25, -0.2) is 0 Å². The molecule has 1 N–H and O–H groups in total. The van der Waals surface area contributed by atoms with E-state index in [1.165, 1.54) is 16.2 Å². The number of carbonyl (C=O) groups excluding carboxylic acids is 1. The molecule has 0 aliphatic carbocycles. The molecule has 1 aromatic rings. The van der Waals surface area contributed by atoms with E-state index in [2.05, 4.69) is 41.1 Å². The second-order valence-electron chi connectivity index (χ2n) is 8.05. The van der Waals surface area contributed by atoms with Crippen LogP contribution in [0.4, 0.5) is 0 Å². The summed E-state index contributed by atoms with van der Waals surface area (Å²) in [5, 5.41) is 3.19. The summed E-state index contributed by atoms with van der Waals surface area (Å²) in [6.07, 6.45) is 4.12. The van der Waals surface area contributed by atoms with Gasteiger partial charge in [0.2, 0.25) is 5.91 Å². The van der Waals surface area contributed by atoms with Crippen LogP contribution < -0.4 is 5.32 Å². The summed E-state index contributed by atoms with van der Waals surface area (Å²) in [5.74, 6) is 1.74. The maximum absolute atomic E-state index is 12.3. The molecule has 25 heavy (non-hydrogen) atoms. The van der Waals surface area contributed by atoms with Crippen LogP contribution in [0.25, 0.3) is 0 Å². The first-order chi connectivity index (χ1) is 12.1. The Morgan fingerprint density at radius 1 is 1.28 bits per heavy atom. The molecule has 2 atom stereocenters. The Labute approximate surface area is 156 Å². The number of fused-ring (bicyclic) bond motifs is 1. The van der Waals surface area contributed by atoms with Gasteiger partial charge in [0.25, 0.3) is 0 Å². The number of likely N-dealkylation sites (N-methyl/N-ethyl adjacent to an activating group) is 1. The van der Waals surface area contributed by atoms with Crippen LogP contribution in [0, 0.1) is 11.8 Å².